The lowest BCUT2D eigenvalue weighted by molar-refractivity contribution is 0.0691. The molecule has 0 saturated heterocycles. The molecule has 0 unspecified atom stereocenters. The highest BCUT2D eigenvalue weighted by Crippen LogP contribution is 2.28. The van der Waals surface area contributed by atoms with Crippen LogP contribution >= 0.6 is 11.6 Å². The van der Waals surface area contributed by atoms with Gasteiger partial charge in [-0.2, -0.15) is 0 Å². The number of hydrogen-bond acceptors (Lipinski definition) is 4. The van der Waals surface area contributed by atoms with Crippen LogP contribution in [0.4, 0.5) is 10.1 Å². The number of anilines is 1. The minimum Gasteiger partial charge on any atom is -0.478 e. The summed E-state index contributed by atoms with van der Waals surface area (Å²) < 4.78 is 41.2. The normalized spacial score (nSPS) is 13.9. The number of para-hydroxylation sites is 1. The van der Waals surface area contributed by atoms with Crippen LogP contribution in [0.15, 0.2) is 41.3 Å². The van der Waals surface area contributed by atoms with Gasteiger partial charge in [0.05, 0.1) is 21.8 Å². The summed E-state index contributed by atoms with van der Waals surface area (Å²) in [7, 11) is -4.38. The lowest BCUT2D eigenvalue weighted by Crippen LogP contribution is -2.27. The van der Waals surface area contributed by atoms with Crippen LogP contribution in [-0.2, 0) is 10.0 Å². The van der Waals surface area contributed by atoms with Crippen LogP contribution in [0.1, 0.15) is 33.6 Å². The van der Waals surface area contributed by atoms with E-state index < -0.39 is 43.2 Å². The number of carbonyl (C=O) groups excluding carboxylic acids is 1. The number of carboxylic acid groups (broad SMARTS) is 1. The van der Waals surface area contributed by atoms with Crippen molar-refractivity contribution in [1.82, 2.24) is 5.32 Å². The van der Waals surface area contributed by atoms with Gasteiger partial charge in [-0.15, -0.1) is 0 Å². The first-order valence-corrected chi connectivity index (χ1v) is 9.70. The molecular weight excluding hydrogens is 399 g/mol. The van der Waals surface area contributed by atoms with Crippen molar-refractivity contribution in [3.63, 3.8) is 0 Å². The summed E-state index contributed by atoms with van der Waals surface area (Å²) >= 11 is 5.80. The van der Waals surface area contributed by atoms with Gasteiger partial charge in [-0.25, -0.2) is 17.6 Å². The molecule has 0 radical (unpaired) electrons. The molecule has 0 aromatic heterocycles. The van der Waals surface area contributed by atoms with Gasteiger partial charge in [-0.1, -0.05) is 23.7 Å². The molecule has 0 atom stereocenters. The predicted octanol–water partition coefficient (Wildman–Crippen LogP) is 2.87. The SMILES string of the molecule is O=C(O)c1cc(S(=O)(=O)Nc2ccccc2C(=O)NC2CC2)c(Cl)cc1F. The van der Waals surface area contributed by atoms with Crippen molar-refractivity contribution in [2.24, 2.45) is 0 Å². The third-order valence-electron chi connectivity index (χ3n) is 3.87. The predicted molar refractivity (Wildman–Crippen MR) is 96.1 cm³/mol. The standard InChI is InChI=1S/C17H14ClFN2O5S/c18-12-8-13(19)11(17(23)24)7-15(12)27(25,26)21-14-4-2-1-3-10(14)16(22)20-9-5-6-9/h1-4,7-9,21H,5-6H2,(H,20,22)(H,23,24). The van der Waals surface area contributed by atoms with Gasteiger partial charge in [-0.3, -0.25) is 9.52 Å². The Morgan fingerprint density at radius 3 is 2.44 bits per heavy atom. The number of carbonyl (C=O) groups is 2. The maximum atomic E-state index is 13.7. The van der Waals surface area contributed by atoms with E-state index in [0.717, 1.165) is 12.8 Å². The van der Waals surface area contributed by atoms with Crippen molar-refractivity contribution in [2.75, 3.05) is 4.72 Å². The maximum absolute atomic E-state index is 13.7. The summed E-state index contributed by atoms with van der Waals surface area (Å²) in [6.07, 6.45) is 1.73. The molecule has 0 bridgehead atoms. The topological polar surface area (TPSA) is 113 Å². The Morgan fingerprint density at radius 1 is 1.15 bits per heavy atom. The van der Waals surface area contributed by atoms with Crippen molar-refractivity contribution in [3.05, 3.63) is 58.4 Å². The first-order chi connectivity index (χ1) is 12.7. The fraction of sp³-hybridized carbons (Fsp3) is 0.176. The van der Waals surface area contributed by atoms with Crippen LogP contribution in [0.5, 0.6) is 0 Å². The molecule has 1 amide bonds. The van der Waals surface area contributed by atoms with Gasteiger partial charge in [0.2, 0.25) is 0 Å². The molecule has 0 heterocycles. The first kappa shape index (κ1) is 19.1. The summed E-state index contributed by atoms with van der Waals surface area (Å²) in [5.41, 5.74) is -0.739. The molecule has 2 aromatic rings. The zero-order chi connectivity index (χ0) is 19.8. The molecule has 7 nitrogen and oxygen atoms in total. The number of hydrogen-bond donors (Lipinski definition) is 3. The zero-order valence-corrected chi connectivity index (χ0v) is 15.3. The van der Waals surface area contributed by atoms with Gasteiger partial charge in [0.25, 0.3) is 15.9 Å². The van der Waals surface area contributed by atoms with Crippen molar-refractivity contribution in [1.29, 1.82) is 0 Å². The summed E-state index contributed by atoms with van der Waals surface area (Å²) in [6.45, 7) is 0. The van der Waals surface area contributed by atoms with E-state index in [1.807, 2.05) is 0 Å². The molecule has 0 spiro atoms. The third kappa shape index (κ3) is 4.20. The van der Waals surface area contributed by atoms with Crippen LogP contribution in [0.3, 0.4) is 0 Å². The summed E-state index contributed by atoms with van der Waals surface area (Å²) in [4.78, 5) is 22.8. The summed E-state index contributed by atoms with van der Waals surface area (Å²) in [5, 5.41) is 11.3. The van der Waals surface area contributed by atoms with Crippen molar-refractivity contribution >= 4 is 39.2 Å². The summed E-state index contributed by atoms with van der Waals surface area (Å²) in [5.74, 6) is -3.23. The van der Waals surface area contributed by atoms with Crippen LogP contribution in [0, 0.1) is 5.82 Å². The van der Waals surface area contributed by atoms with E-state index in [1.165, 1.54) is 18.2 Å². The molecule has 2 aromatic carbocycles. The van der Waals surface area contributed by atoms with E-state index in [-0.39, 0.29) is 17.3 Å². The highest BCUT2D eigenvalue weighted by Gasteiger charge is 2.27. The van der Waals surface area contributed by atoms with E-state index in [2.05, 4.69) is 10.0 Å². The Balaban J connectivity index is 1.97. The lowest BCUT2D eigenvalue weighted by Gasteiger charge is -2.14. The van der Waals surface area contributed by atoms with Crippen LogP contribution in [-0.4, -0.2) is 31.4 Å². The molecule has 10 heteroatoms. The number of carboxylic acids is 1. The highest BCUT2D eigenvalue weighted by atomic mass is 35.5. The quantitative estimate of drug-likeness (QED) is 0.675. The van der Waals surface area contributed by atoms with Crippen molar-refractivity contribution in [3.8, 4) is 0 Å². The molecule has 1 aliphatic rings. The lowest BCUT2D eigenvalue weighted by atomic mass is 10.1. The van der Waals surface area contributed by atoms with Gasteiger partial charge < -0.3 is 10.4 Å². The number of halogens is 2. The van der Waals surface area contributed by atoms with Crippen LogP contribution in [0.25, 0.3) is 0 Å². The molecule has 27 heavy (non-hydrogen) atoms. The Morgan fingerprint density at radius 2 is 1.81 bits per heavy atom. The summed E-state index contributed by atoms with van der Waals surface area (Å²) in [6, 6.07) is 7.26. The second-order valence-corrected chi connectivity index (χ2v) is 8.02. The van der Waals surface area contributed by atoms with Crippen LogP contribution in [0.2, 0.25) is 5.02 Å². The smallest absolute Gasteiger partial charge is 0.338 e. The molecule has 1 aliphatic carbocycles. The average molecular weight is 413 g/mol. The van der Waals surface area contributed by atoms with Crippen molar-refractivity contribution < 1.29 is 27.5 Å². The van der Waals surface area contributed by atoms with Crippen LogP contribution < -0.4 is 10.0 Å². The fourth-order valence-corrected chi connectivity index (χ4v) is 3.98. The van der Waals surface area contributed by atoms with Gasteiger partial charge in [0.1, 0.15) is 10.7 Å². The van der Waals surface area contributed by atoms with Gasteiger partial charge in [0.15, 0.2) is 0 Å². The second-order valence-electron chi connectivity index (χ2n) is 5.97. The third-order valence-corrected chi connectivity index (χ3v) is 5.70. The van der Waals surface area contributed by atoms with E-state index in [1.54, 1.807) is 6.07 Å². The minimum absolute atomic E-state index is 0.00656. The Bertz CT molecular complexity index is 1040. The number of benzene rings is 2. The number of rotatable bonds is 6. The zero-order valence-electron chi connectivity index (χ0n) is 13.7. The fourth-order valence-electron chi connectivity index (χ4n) is 2.36. The second kappa shape index (κ2) is 7.16. The van der Waals surface area contributed by atoms with E-state index in [4.69, 9.17) is 16.7 Å². The maximum Gasteiger partial charge on any atom is 0.338 e. The van der Waals surface area contributed by atoms with Gasteiger partial charge in [-0.05, 0) is 37.1 Å². The monoisotopic (exact) mass is 412 g/mol. The largest absolute Gasteiger partial charge is 0.478 e. The van der Waals surface area contributed by atoms with Gasteiger partial charge >= 0.3 is 5.97 Å². The number of nitrogens with one attached hydrogen (secondary N) is 2. The highest BCUT2D eigenvalue weighted by molar-refractivity contribution is 7.92. The van der Waals surface area contributed by atoms with E-state index >= 15 is 0 Å². The molecule has 1 saturated carbocycles. The first-order valence-electron chi connectivity index (χ1n) is 7.84. The van der Waals surface area contributed by atoms with Gasteiger partial charge in [0, 0.05) is 6.04 Å². The number of aromatic carboxylic acids is 1. The van der Waals surface area contributed by atoms with E-state index in [9.17, 15) is 22.4 Å². The Hall–Kier alpha value is -2.65. The number of sulfonamides is 1. The average Bonchev–Trinajstić information content (AvgIpc) is 3.38. The van der Waals surface area contributed by atoms with Crippen molar-refractivity contribution in [2.45, 2.75) is 23.8 Å². The number of amides is 1. The molecular formula is C17H14ClFN2O5S. The minimum atomic E-state index is -4.38. The molecule has 142 valence electrons. The molecule has 3 N–H and O–H groups in total. The molecule has 0 aliphatic heterocycles. The molecule has 3 rings (SSSR count). The van der Waals surface area contributed by atoms with E-state index in [0.29, 0.717) is 12.1 Å². The Kier molecular flexibility index (Phi) is 5.07. The molecule has 1 fully saturated rings. The Labute approximate surface area is 159 Å².